The standard InChI is InChI=1S/C6H6O.CHNS/c7-6-4-2-1-3-5-6;2-1-3/h1-5,7H;2H. The van der Waals surface area contributed by atoms with Crippen molar-refractivity contribution >= 4 is 17.4 Å². The number of para-hydroxylation sites is 1. The number of phenolic OH excluding ortho intramolecular Hbond substituents is 1. The Morgan fingerprint density at radius 1 is 1.30 bits per heavy atom. The molecule has 0 saturated carbocycles. The van der Waals surface area contributed by atoms with Crippen LogP contribution in [0, 0.1) is 5.41 Å². The number of isothiocyanates is 1. The van der Waals surface area contributed by atoms with Gasteiger partial charge in [0.2, 0.25) is 0 Å². The van der Waals surface area contributed by atoms with Crippen molar-refractivity contribution in [1.29, 1.82) is 5.41 Å². The summed E-state index contributed by atoms with van der Waals surface area (Å²) >= 11 is 3.81. The van der Waals surface area contributed by atoms with E-state index in [0.29, 0.717) is 5.75 Å². The van der Waals surface area contributed by atoms with Crippen LogP contribution >= 0.6 is 12.2 Å². The fourth-order valence-electron chi connectivity index (χ4n) is 0.428. The first kappa shape index (κ1) is 8.82. The average Bonchev–Trinajstić information content (AvgIpc) is 1.91. The molecule has 0 aromatic heterocycles. The Balaban J connectivity index is 0.000000236. The number of hydrogen-bond donors (Lipinski definition) is 2. The third kappa shape index (κ3) is 4.97. The molecule has 0 amide bonds. The van der Waals surface area contributed by atoms with Crippen LogP contribution < -0.4 is 0 Å². The quantitative estimate of drug-likeness (QED) is 0.442. The highest BCUT2D eigenvalue weighted by atomic mass is 32.1. The highest BCUT2D eigenvalue weighted by molar-refractivity contribution is 7.78. The molecule has 0 spiro atoms. The molecule has 0 aliphatic carbocycles. The van der Waals surface area contributed by atoms with Crippen LogP contribution in [0.2, 0.25) is 0 Å². The number of nitrogens with one attached hydrogen (secondary N) is 1. The van der Waals surface area contributed by atoms with Crippen molar-refractivity contribution in [2.45, 2.75) is 0 Å². The minimum absolute atomic E-state index is 0.322. The second-order valence-corrected chi connectivity index (χ2v) is 1.64. The topological polar surface area (TPSA) is 44.1 Å². The average molecular weight is 153 g/mol. The van der Waals surface area contributed by atoms with Gasteiger partial charge in [0.1, 0.15) is 5.75 Å². The van der Waals surface area contributed by atoms with Gasteiger partial charge in [-0.2, -0.15) is 0 Å². The zero-order chi connectivity index (χ0) is 7.82. The molecule has 0 atom stereocenters. The molecule has 1 rings (SSSR count). The maximum atomic E-state index is 8.63. The van der Waals surface area contributed by atoms with Crippen molar-refractivity contribution in [3.63, 3.8) is 0 Å². The Hall–Kier alpha value is -1.18. The molecule has 0 aliphatic heterocycles. The summed E-state index contributed by atoms with van der Waals surface area (Å²) in [6.45, 7) is 0. The highest BCUT2D eigenvalue weighted by Gasteiger charge is 1.74. The summed E-state index contributed by atoms with van der Waals surface area (Å²) in [7, 11) is 0. The van der Waals surface area contributed by atoms with E-state index in [1.54, 1.807) is 29.4 Å². The zero-order valence-electron chi connectivity index (χ0n) is 5.24. The van der Waals surface area contributed by atoms with E-state index >= 15 is 0 Å². The molecule has 10 heavy (non-hydrogen) atoms. The molecule has 0 aliphatic rings. The number of phenols is 1. The third-order valence-corrected chi connectivity index (χ3v) is 0.756. The minimum atomic E-state index is 0.322. The van der Waals surface area contributed by atoms with Crippen molar-refractivity contribution in [3.05, 3.63) is 30.3 Å². The molecule has 2 nitrogen and oxygen atoms in total. The largest absolute Gasteiger partial charge is 0.508 e. The van der Waals surface area contributed by atoms with E-state index in [1.165, 1.54) is 0 Å². The summed E-state index contributed by atoms with van der Waals surface area (Å²) in [6.07, 6.45) is 0. The number of benzene rings is 1. The van der Waals surface area contributed by atoms with Crippen LogP contribution in [-0.2, 0) is 0 Å². The van der Waals surface area contributed by atoms with E-state index in [9.17, 15) is 0 Å². The van der Waals surface area contributed by atoms with Gasteiger partial charge in [-0.05, 0) is 24.4 Å². The highest BCUT2D eigenvalue weighted by Crippen LogP contribution is 2.02. The lowest BCUT2D eigenvalue weighted by Gasteiger charge is -1.82. The molecule has 2 N–H and O–H groups in total. The van der Waals surface area contributed by atoms with Gasteiger partial charge in [0.15, 0.2) is 0 Å². The van der Waals surface area contributed by atoms with Crippen molar-refractivity contribution in [1.82, 2.24) is 0 Å². The van der Waals surface area contributed by atoms with Gasteiger partial charge in [-0.3, -0.25) is 0 Å². The lowest BCUT2D eigenvalue weighted by atomic mass is 10.3. The van der Waals surface area contributed by atoms with Gasteiger partial charge in [0.05, 0.1) is 5.16 Å². The van der Waals surface area contributed by atoms with Crippen LogP contribution in [0.1, 0.15) is 0 Å². The van der Waals surface area contributed by atoms with Crippen LogP contribution in [0.3, 0.4) is 0 Å². The Morgan fingerprint density at radius 2 is 1.70 bits per heavy atom. The van der Waals surface area contributed by atoms with Crippen LogP contribution in [0.25, 0.3) is 0 Å². The van der Waals surface area contributed by atoms with Gasteiger partial charge in [-0.25, -0.2) is 5.41 Å². The predicted octanol–water partition coefficient (Wildman–Crippen LogP) is 2.06. The van der Waals surface area contributed by atoms with E-state index in [4.69, 9.17) is 10.5 Å². The lowest BCUT2D eigenvalue weighted by molar-refractivity contribution is 0.475. The van der Waals surface area contributed by atoms with Gasteiger partial charge in [-0.1, -0.05) is 18.2 Å². The van der Waals surface area contributed by atoms with E-state index < -0.39 is 0 Å². The summed E-state index contributed by atoms with van der Waals surface area (Å²) < 4.78 is 0. The van der Waals surface area contributed by atoms with Gasteiger partial charge in [0, 0.05) is 0 Å². The van der Waals surface area contributed by atoms with E-state index in [1.807, 2.05) is 6.07 Å². The Kier molecular flexibility index (Phi) is 5.25. The van der Waals surface area contributed by atoms with Crippen molar-refractivity contribution in [3.8, 4) is 5.75 Å². The first-order chi connectivity index (χ1) is 4.81. The molecule has 0 radical (unpaired) electrons. The number of rotatable bonds is 0. The number of thiocarbonyl (C=S) groups is 1. The fraction of sp³-hybridized carbons (Fsp3) is 0. The summed E-state index contributed by atoms with van der Waals surface area (Å²) in [5, 5.41) is 16.0. The Morgan fingerprint density at radius 3 is 1.90 bits per heavy atom. The summed E-state index contributed by atoms with van der Waals surface area (Å²) in [5.41, 5.74) is 0. The van der Waals surface area contributed by atoms with Crippen molar-refractivity contribution < 1.29 is 5.11 Å². The van der Waals surface area contributed by atoms with Gasteiger partial charge in [0.25, 0.3) is 0 Å². The lowest BCUT2D eigenvalue weighted by Crippen LogP contribution is -1.56. The van der Waals surface area contributed by atoms with E-state index in [2.05, 4.69) is 12.2 Å². The van der Waals surface area contributed by atoms with Crippen LogP contribution in [0.4, 0.5) is 0 Å². The van der Waals surface area contributed by atoms with E-state index in [-0.39, 0.29) is 0 Å². The van der Waals surface area contributed by atoms with Crippen LogP contribution in [0.5, 0.6) is 5.75 Å². The van der Waals surface area contributed by atoms with Crippen molar-refractivity contribution in [2.75, 3.05) is 0 Å². The normalized spacial score (nSPS) is 6.80. The molecular formula is C7H7NOS. The molecule has 1 aromatic carbocycles. The molecule has 3 heteroatoms. The maximum Gasteiger partial charge on any atom is 0.115 e. The fourth-order valence-corrected chi connectivity index (χ4v) is 0.428. The molecule has 1 aromatic rings. The number of hydrogen-bond acceptors (Lipinski definition) is 3. The van der Waals surface area contributed by atoms with Gasteiger partial charge < -0.3 is 5.11 Å². The smallest absolute Gasteiger partial charge is 0.115 e. The Labute approximate surface area is 64.6 Å². The van der Waals surface area contributed by atoms with Crippen molar-refractivity contribution in [2.24, 2.45) is 0 Å². The minimum Gasteiger partial charge on any atom is -0.508 e. The zero-order valence-corrected chi connectivity index (χ0v) is 6.06. The SMILES string of the molecule is N=C=S.Oc1ccccc1. The molecular weight excluding hydrogens is 146 g/mol. The molecule has 0 saturated heterocycles. The second kappa shape index (κ2) is 5.95. The monoisotopic (exact) mass is 153 g/mol. The molecule has 0 fully saturated rings. The third-order valence-electron chi connectivity index (χ3n) is 0.756. The molecule has 52 valence electrons. The molecule has 0 unspecified atom stereocenters. The molecule has 0 bridgehead atoms. The summed E-state index contributed by atoms with van der Waals surface area (Å²) in [5.74, 6) is 0.322. The summed E-state index contributed by atoms with van der Waals surface area (Å²) in [6, 6.07) is 8.71. The second-order valence-electron chi connectivity index (χ2n) is 1.44. The van der Waals surface area contributed by atoms with Crippen LogP contribution in [-0.4, -0.2) is 10.3 Å². The van der Waals surface area contributed by atoms with E-state index in [0.717, 1.165) is 0 Å². The van der Waals surface area contributed by atoms with Gasteiger partial charge in [-0.15, -0.1) is 0 Å². The van der Waals surface area contributed by atoms with Crippen LogP contribution in [0.15, 0.2) is 30.3 Å². The Bertz CT molecular complexity index is 204. The maximum absolute atomic E-state index is 8.63. The predicted molar refractivity (Wildman–Crippen MR) is 43.4 cm³/mol. The van der Waals surface area contributed by atoms with Gasteiger partial charge >= 0.3 is 0 Å². The summed E-state index contributed by atoms with van der Waals surface area (Å²) in [4.78, 5) is 0. The first-order valence-electron chi connectivity index (χ1n) is 2.59. The first-order valence-corrected chi connectivity index (χ1v) is 3.00. The number of aromatic hydroxyl groups is 1. The molecule has 0 heterocycles.